The van der Waals surface area contributed by atoms with Crippen LogP contribution in [0.5, 0.6) is 0 Å². The minimum Gasteiger partial charge on any atom is -0.390 e. The van der Waals surface area contributed by atoms with Crippen LogP contribution in [-0.4, -0.2) is 10.7 Å². The minimum absolute atomic E-state index is 0.642. The second kappa shape index (κ2) is 5.83. The van der Waals surface area contributed by atoms with Crippen molar-refractivity contribution in [3.8, 4) is 0 Å². The third-order valence-corrected chi connectivity index (χ3v) is 3.22. The van der Waals surface area contributed by atoms with Crippen LogP contribution in [0.2, 0.25) is 0 Å². The lowest BCUT2D eigenvalue weighted by molar-refractivity contribution is 0.0516. The number of benzene rings is 2. The van der Waals surface area contributed by atoms with E-state index in [1.54, 1.807) is 0 Å². The molecule has 94 valence electrons. The van der Waals surface area contributed by atoms with Gasteiger partial charge in [-0.2, -0.15) is 0 Å². The summed E-state index contributed by atoms with van der Waals surface area (Å²) in [6, 6.07) is 20.5. The zero-order valence-corrected chi connectivity index (χ0v) is 10.8. The lowest BCUT2D eigenvalue weighted by Gasteiger charge is -2.23. The first-order valence-electron chi connectivity index (χ1n) is 6.46. The van der Waals surface area contributed by atoms with E-state index in [4.69, 9.17) is 0 Å². The molecule has 0 saturated heterocycles. The van der Waals surface area contributed by atoms with E-state index in [2.05, 4.69) is 24.3 Å². The molecule has 1 unspecified atom stereocenters. The van der Waals surface area contributed by atoms with E-state index < -0.39 is 5.60 Å². The normalized spacial score (nSPS) is 14.1. The quantitative estimate of drug-likeness (QED) is 0.846. The molecule has 0 amide bonds. The molecule has 0 spiro atoms. The van der Waals surface area contributed by atoms with Gasteiger partial charge in [0.15, 0.2) is 0 Å². The number of rotatable bonds is 5. The molecule has 1 nitrogen and oxygen atoms in total. The fraction of sp³-hybridized carbons (Fsp3) is 0.294. The Morgan fingerprint density at radius 1 is 0.833 bits per heavy atom. The minimum atomic E-state index is -0.642. The summed E-state index contributed by atoms with van der Waals surface area (Å²) in [5, 5.41) is 10.4. The topological polar surface area (TPSA) is 20.2 Å². The summed E-state index contributed by atoms with van der Waals surface area (Å²) in [5.74, 6) is 0. The zero-order valence-electron chi connectivity index (χ0n) is 10.8. The zero-order chi connectivity index (χ0) is 12.8. The summed E-state index contributed by atoms with van der Waals surface area (Å²) < 4.78 is 0. The Balaban J connectivity index is 1.91. The summed E-state index contributed by atoms with van der Waals surface area (Å²) in [6.45, 7) is 1.92. The third-order valence-electron chi connectivity index (χ3n) is 3.22. The van der Waals surface area contributed by atoms with Crippen molar-refractivity contribution in [3.05, 3.63) is 71.8 Å². The molecule has 0 heterocycles. The summed E-state index contributed by atoms with van der Waals surface area (Å²) in [6.07, 6.45) is 2.41. The maximum absolute atomic E-state index is 10.4. The SMILES string of the molecule is CC(O)(CCc1ccccc1)Cc1ccccc1. The smallest absolute Gasteiger partial charge is 0.0663 e. The van der Waals surface area contributed by atoms with E-state index in [9.17, 15) is 5.11 Å². The van der Waals surface area contributed by atoms with Crippen molar-refractivity contribution in [1.82, 2.24) is 0 Å². The molecule has 0 aliphatic carbocycles. The first-order valence-corrected chi connectivity index (χ1v) is 6.46. The Morgan fingerprint density at radius 2 is 1.33 bits per heavy atom. The van der Waals surface area contributed by atoms with Gasteiger partial charge in [-0.05, 0) is 30.9 Å². The van der Waals surface area contributed by atoms with Gasteiger partial charge in [-0.25, -0.2) is 0 Å². The molecular weight excluding hydrogens is 220 g/mol. The maximum Gasteiger partial charge on any atom is 0.0663 e. The summed E-state index contributed by atoms with van der Waals surface area (Å²) >= 11 is 0. The Hall–Kier alpha value is -1.60. The number of aliphatic hydroxyl groups is 1. The molecule has 1 atom stereocenters. The molecule has 0 aliphatic heterocycles. The van der Waals surface area contributed by atoms with Gasteiger partial charge in [0.1, 0.15) is 0 Å². The van der Waals surface area contributed by atoms with Crippen molar-refractivity contribution in [3.63, 3.8) is 0 Å². The number of hydrogen-bond acceptors (Lipinski definition) is 1. The molecule has 0 radical (unpaired) electrons. The van der Waals surface area contributed by atoms with Crippen molar-refractivity contribution >= 4 is 0 Å². The van der Waals surface area contributed by atoms with Crippen LogP contribution in [-0.2, 0) is 12.8 Å². The van der Waals surface area contributed by atoms with Gasteiger partial charge in [-0.15, -0.1) is 0 Å². The molecule has 0 fully saturated rings. The molecule has 1 N–H and O–H groups in total. The summed E-state index contributed by atoms with van der Waals surface area (Å²) in [7, 11) is 0. The van der Waals surface area contributed by atoms with Gasteiger partial charge in [-0.3, -0.25) is 0 Å². The van der Waals surface area contributed by atoms with Gasteiger partial charge in [0, 0.05) is 6.42 Å². The fourth-order valence-electron chi connectivity index (χ4n) is 2.18. The van der Waals surface area contributed by atoms with Crippen LogP contribution in [0, 0.1) is 0 Å². The maximum atomic E-state index is 10.4. The number of hydrogen-bond donors (Lipinski definition) is 1. The van der Waals surface area contributed by atoms with Crippen molar-refractivity contribution in [2.24, 2.45) is 0 Å². The first kappa shape index (κ1) is 12.8. The summed E-state index contributed by atoms with van der Waals surface area (Å²) in [5.41, 5.74) is 1.83. The number of aryl methyl sites for hydroxylation is 1. The molecule has 0 bridgehead atoms. The standard InChI is InChI=1S/C17H20O/c1-17(18,14-16-10-6-3-7-11-16)13-12-15-8-4-2-5-9-15/h2-11,18H,12-14H2,1H3. The van der Waals surface area contributed by atoms with Crippen molar-refractivity contribution < 1.29 is 5.11 Å². The predicted molar refractivity (Wildman–Crippen MR) is 75.5 cm³/mol. The van der Waals surface area contributed by atoms with E-state index in [1.165, 1.54) is 11.1 Å². The lowest BCUT2D eigenvalue weighted by atomic mass is 9.90. The first-order chi connectivity index (χ1) is 8.66. The largest absolute Gasteiger partial charge is 0.390 e. The molecule has 0 aliphatic rings. The Morgan fingerprint density at radius 3 is 1.89 bits per heavy atom. The Labute approximate surface area is 109 Å². The van der Waals surface area contributed by atoms with E-state index in [-0.39, 0.29) is 0 Å². The van der Waals surface area contributed by atoms with Crippen LogP contribution >= 0.6 is 0 Å². The van der Waals surface area contributed by atoms with Crippen LogP contribution < -0.4 is 0 Å². The van der Waals surface area contributed by atoms with Crippen LogP contribution in [0.3, 0.4) is 0 Å². The van der Waals surface area contributed by atoms with Crippen LogP contribution in [0.25, 0.3) is 0 Å². The van der Waals surface area contributed by atoms with Gasteiger partial charge in [-0.1, -0.05) is 60.7 Å². The monoisotopic (exact) mass is 240 g/mol. The highest BCUT2D eigenvalue weighted by atomic mass is 16.3. The molecule has 2 aromatic carbocycles. The molecule has 1 heteroatoms. The van der Waals surface area contributed by atoms with Gasteiger partial charge >= 0.3 is 0 Å². The van der Waals surface area contributed by atoms with Gasteiger partial charge in [0.2, 0.25) is 0 Å². The van der Waals surface area contributed by atoms with Crippen molar-refractivity contribution in [1.29, 1.82) is 0 Å². The highest BCUT2D eigenvalue weighted by Crippen LogP contribution is 2.19. The van der Waals surface area contributed by atoms with Crippen LogP contribution in [0.4, 0.5) is 0 Å². The Kier molecular flexibility index (Phi) is 4.16. The van der Waals surface area contributed by atoms with E-state index in [0.29, 0.717) is 6.42 Å². The second-order valence-corrected chi connectivity index (χ2v) is 5.14. The van der Waals surface area contributed by atoms with Crippen molar-refractivity contribution in [2.75, 3.05) is 0 Å². The highest BCUT2D eigenvalue weighted by molar-refractivity contribution is 5.18. The Bertz CT molecular complexity index is 459. The average molecular weight is 240 g/mol. The van der Waals surface area contributed by atoms with Gasteiger partial charge in [0.05, 0.1) is 5.60 Å². The second-order valence-electron chi connectivity index (χ2n) is 5.14. The van der Waals surface area contributed by atoms with Crippen molar-refractivity contribution in [2.45, 2.75) is 31.8 Å². The average Bonchev–Trinajstić information content (AvgIpc) is 2.38. The van der Waals surface area contributed by atoms with Crippen LogP contribution in [0.1, 0.15) is 24.5 Å². The predicted octanol–water partition coefficient (Wildman–Crippen LogP) is 3.61. The molecular formula is C17H20O. The molecule has 18 heavy (non-hydrogen) atoms. The summed E-state index contributed by atoms with van der Waals surface area (Å²) in [4.78, 5) is 0. The van der Waals surface area contributed by atoms with Gasteiger partial charge < -0.3 is 5.11 Å². The molecule has 0 aromatic heterocycles. The van der Waals surface area contributed by atoms with Gasteiger partial charge in [0.25, 0.3) is 0 Å². The molecule has 2 rings (SSSR count). The fourth-order valence-corrected chi connectivity index (χ4v) is 2.18. The van der Waals surface area contributed by atoms with Crippen LogP contribution in [0.15, 0.2) is 60.7 Å². The molecule has 0 saturated carbocycles. The van der Waals surface area contributed by atoms with E-state index >= 15 is 0 Å². The van der Waals surface area contributed by atoms with E-state index in [0.717, 1.165) is 12.8 Å². The van der Waals surface area contributed by atoms with E-state index in [1.807, 2.05) is 43.3 Å². The third kappa shape index (κ3) is 4.01. The molecule has 2 aromatic rings. The highest BCUT2D eigenvalue weighted by Gasteiger charge is 2.20. The lowest BCUT2D eigenvalue weighted by Crippen LogP contribution is -2.27.